The summed E-state index contributed by atoms with van der Waals surface area (Å²) in [5.41, 5.74) is 7.69. The third-order valence-corrected chi connectivity index (χ3v) is 9.99. The topological polar surface area (TPSA) is 43.9 Å². The van der Waals surface area contributed by atoms with Gasteiger partial charge in [0.25, 0.3) is 0 Å². The first kappa shape index (κ1) is 24.6. The third-order valence-electron chi connectivity index (χ3n) is 8.84. The van der Waals surface area contributed by atoms with Crippen molar-refractivity contribution in [1.29, 1.82) is 0 Å². The van der Waals surface area contributed by atoms with Crippen LogP contribution in [0.5, 0.6) is 0 Å². The fourth-order valence-electron chi connectivity index (χ4n) is 6.77. The van der Waals surface area contributed by atoms with Gasteiger partial charge in [-0.1, -0.05) is 91.0 Å². The van der Waals surface area contributed by atoms with Crippen molar-refractivity contribution in [1.82, 2.24) is 14.5 Å². The molecule has 4 aromatic heterocycles. The molecule has 0 atom stereocenters. The number of para-hydroxylation sites is 2. The van der Waals surface area contributed by atoms with Crippen LogP contribution in [0.15, 0.2) is 144 Å². The van der Waals surface area contributed by atoms with Gasteiger partial charge in [0.2, 0.25) is 5.95 Å². The minimum Gasteiger partial charge on any atom is -0.455 e. The molecule has 0 aliphatic heterocycles. The first-order chi connectivity index (χ1) is 22.3. The number of hydrogen-bond acceptors (Lipinski definition) is 4. The maximum Gasteiger partial charge on any atom is 0.235 e. The van der Waals surface area contributed by atoms with Crippen LogP contribution in [0.2, 0.25) is 0 Å². The summed E-state index contributed by atoms with van der Waals surface area (Å²) >= 11 is 1.83. The van der Waals surface area contributed by atoms with Gasteiger partial charge in [-0.3, -0.25) is 4.57 Å². The van der Waals surface area contributed by atoms with E-state index in [0.717, 1.165) is 66.3 Å². The Morgan fingerprint density at radius 2 is 1.20 bits per heavy atom. The van der Waals surface area contributed by atoms with Crippen molar-refractivity contribution in [3.8, 4) is 28.5 Å². The Morgan fingerprint density at radius 3 is 2.09 bits per heavy atom. The number of fused-ring (bicyclic) bond motifs is 10. The van der Waals surface area contributed by atoms with Crippen LogP contribution in [0.25, 0.3) is 92.4 Å². The molecule has 0 aliphatic carbocycles. The van der Waals surface area contributed by atoms with Crippen LogP contribution in [0.3, 0.4) is 0 Å². The summed E-state index contributed by atoms with van der Waals surface area (Å²) in [6.45, 7) is 0. The minimum atomic E-state index is 0.628. The van der Waals surface area contributed by atoms with Gasteiger partial charge in [-0.2, -0.15) is 0 Å². The molecule has 0 N–H and O–H groups in total. The molecule has 0 amide bonds. The van der Waals surface area contributed by atoms with Crippen molar-refractivity contribution in [2.24, 2.45) is 0 Å². The zero-order valence-electron chi connectivity index (χ0n) is 23.9. The van der Waals surface area contributed by atoms with Crippen molar-refractivity contribution >= 4 is 75.3 Å². The standard InChI is InChI=1S/C40H23N3OS/c1-2-10-24(11-3-1)31-23-32(25-18-21-37-30(22-25)27-13-6-9-17-36(27)45-37)42-40(41-31)43-33-15-7-4-14-29(33)38-34(43)20-19-28-26-12-5-8-16-35(26)44-39(28)38/h1-23H. The van der Waals surface area contributed by atoms with Gasteiger partial charge in [0, 0.05) is 47.5 Å². The van der Waals surface area contributed by atoms with Gasteiger partial charge in [-0.25, -0.2) is 9.97 Å². The summed E-state index contributed by atoms with van der Waals surface area (Å²) in [4.78, 5) is 10.5. The van der Waals surface area contributed by atoms with E-state index in [9.17, 15) is 0 Å². The van der Waals surface area contributed by atoms with Crippen LogP contribution in [0, 0.1) is 0 Å². The summed E-state index contributed by atoms with van der Waals surface area (Å²) in [5.74, 6) is 0.628. The Hall–Kier alpha value is -5.78. The van der Waals surface area contributed by atoms with Crippen molar-refractivity contribution < 1.29 is 4.42 Å². The molecule has 0 bridgehead atoms. The van der Waals surface area contributed by atoms with Crippen molar-refractivity contribution in [3.63, 3.8) is 0 Å². The fraction of sp³-hybridized carbons (Fsp3) is 0. The summed E-state index contributed by atoms with van der Waals surface area (Å²) in [6.07, 6.45) is 0. The van der Waals surface area contributed by atoms with E-state index in [1.54, 1.807) is 0 Å². The predicted molar refractivity (Wildman–Crippen MR) is 187 cm³/mol. The van der Waals surface area contributed by atoms with E-state index < -0.39 is 0 Å². The van der Waals surface area contributed by atoms with Gasteiger partial charge in [0.05, 0.1) is 27.8 Å². The highest BCUT2D eigenvalue weighted by atomic mass is 32.1. The normalized spacial score (nSPS) is 12.0. The molecule has 45 heavy (non-hydrogen) atoms. The van der Waals surface area contributed by atoms with E-state index in [2.05, 4.69) is 126 Å². The van der Waals surface area contributed by atoms with Gasteiger partial charge in [0.1, 0.15) is 11.2 Å². The molecule has 0 saturated carbocycles. The van der Waals surface area contributed by atoms with Gasteiger partial charge in [-0.05, 0) is 48.5 Å². The molecule has 4 heterocycles. The molecule has 0 fully saturated rings. The Balaban J connectivity index is 1.28. The molecule has 6 aromatic carbocycles. The Labute approximate surface area is 261 Å². The smallest absolute Gasteiger partial charge is 0.235 e. The van der Waals surface area contributed by atoms with Crippen molar-refractivity contribution in [3.05, 3.63) is 140 Å². The molecule has 210 valence electrons. The number of nitrogens with zero attached hydrogens (tertiary/aromatic N) is 3. The summed E-state index contributed by atoms with van der Waals surface area (Å²) in [5, 5.41) is 6.93. The van der Waals surface area contributed by atoms with Gasteiger partial charge >= 0.3 is 0 Å². The van der Waals surface area contributed by atoms with Crippen LogP contribution < -0.4 is 0 Å². The SMILES string of the molecule is c1ccc(-c2cc(-c3ccc4sc5ccccc5c4c3)nc(-n3c4ccccc4c4c5oc6ccccc6c5ccc43)n2)cc1. The van der Waals surface area contributed by atoms with Gasteiger partial charge in [0.15, 0.2) is 0 Å². The van der Waals surface area contributed by atoms with E-state index >= 15 is 0 Å². The molecule has 0 aliphatic rings. The third kappa shape index (κ3) is 3.65. The average molecular weight is 594 g/mol. The second kappa shape index (κ2) is 9.36. The average Bonchev–Trinajstić information content (AvgIpc) is 3.77. The minimum absolute atomic E-state index is 0.628. The van der Waals surface area contributed by atoms with Crippen LogP contribution in [0.4, 0.5) is 0 Å². The highest BCUT2D eigenvalue weighted by Gasteiger charge is 2.21. The largest absolute Gasteiger partial charge is 0.455 e. The van der Waals surface area contributed by atoms with Gasteiger partial charge < -0.3 is 4.42 Å². The number of benzene rings is 6. The van der Waals surface area contributed by atoms with Crippen LogP contribution >= 0.6 is 11.3 Å². The number of hydrogen-bond donors (Lipinski definition) is 0. The lowest BCUT2D eigenvalue weighted by molar-refractivity contribution is 0.673. The van der Waals surface area contributed by atoms with E-state index in [4.69, 9.17) is 14.4 Å². The quantitative estimate of drug-likeness (QED) is 0.205. The number of rotatable bonds is 3. The van der Waals surface area contributed by atoms with Crippen LogP contribution in [-0.4, -0.2) is 14.5 Å². The summed E-state index contributed by atoms with van der Waals surface area (Å²) in [6, 6.07) is 48.8. The first-order valence-electron chi connectivity index (χ1n) is 15.0. The Bertz CT molecular complexity index is 2770. The number of thiophene rings is 1. The lowest BCUT2D eigenvalue weighted by Gasteiger charge is -2.12. The summed E-state index contributed by atoms with van der Waals surface area (Å²) in [7, 11) is 0. The first-order valence-corrected chi connectivity index (χ1v) is 15.8. The molecule has 5 heteroatoms. The molecular formula is C40H23N3OS. The zero-order valence-corrected chi connectivity index (χ0v) is 24.8. The van der Waals surface area contributed by atoms with E-state index in [-0.39, 0.29) is 0 Å². The maximum atomic E-state index is 6.52. The molecular weight excluding hydrogens is 571 g/mol. The van der Waals surface area contributed by atoms with Crippen molar-refractivity contribution in [2.45, 2.75) is 0 Å². The molecule has 0 unspecified atom stereocenters. The molecule has 0 radical (unpaired) electrons. The van der Waals surface area contributed by atoms with Gasteiger partial charge in [-0.15, -0.1) is 11.3 Å². The number of aromatic nitrogens is 3. The molecule has 0 spiro atoms. The second-order valence-electron chi connectivity index (χ2n) is 11.4. The highest BCUT2D eigenvalue weighted by Crippen LogP contribution is 2.41. The Morgan fingerprint density at radius 1 is 0.489 bits per heavy atom. The Kier molecular flexibility index (Phi) is 5.12. The fourth-order valence-corrected chi connectivity index (χ4v) is 7.86. The summed E-state index contributed by atoms with van der Waals surface area (Å²) < 4.78 is 11.3. The second-order valence-corrected chi connectivity index (χ2v) is 12.5. The zero-order chi connectivity index (χ0) is 29.5. The molecule has 10 rings (SSSR count). The molecule has 10 aromatic rings. The lowest BCUT2D eigenvalue weighted by atomic mass is 10.0. The maximum absolute atomic E-state index is 6.52. The monoisotopic (exact) mass is 593 g/mol. The lowest BCUT2D eigenvalue weighted by Crippen LogP contribution is -2.04. The van der Waals surface area contributed by atoms with E-state index in [1.165, 1.54) is 20.2 Å². The van der Waals surface area contributed by atoms with Crippen LogP contribution in [-0.2, 0) is 0 Å². The van der Waals surface area contributed by atoms with E-state index in [0.29, 0.717) is 5.95 Å². The molecule has 4 nitrogen and oxygen atoms in total. The highest BCUT2D eigenvalue weighted by molar-refractivity contribution is 7.25. The predicted octanol–water partition coefficient (Wildman–Crippen LogP) is 11.2. The van der Waals surface area contributed by atoms with Crippen LogP contribution in [0.1, 0.15) is 0 Å². The van der Waals surface area contributed by atoms with E-state index in [1.807, 2.05) is 29.5 Å². The molecule has 0 saturated heterocycles. The number of furan rings is 1. The van der Waals surface area contributed by atoms with Crippen molar-refractivity contribution in [2.75, 3.05) is 0 Å².